The van der Waals surface area contributed by atoms with Gasteiger partial charge in [0.2, 0.25) is 0 Å². The molecule has 0 spiro atoms. The summed E-state index contributed by atoms with van der Waals surface area (Å²) >= 11 is 0. The molecule has 1 aromatic rings. The van der Waals surface area contributed by atoms with Crippen LogP contribution in [-0.4, -0.2) is 5.11 Å². The number of hydrogen-bond acceptors (Lipinski definition) is 1. The van der Waals surface area contributed by atoms with Crippen molar-refractivity contribution in [2.75, 3.05) is 0 Å². The van der Waals surface area contributed by atoms with E-state index in [2.05, 4.69) is 0 Å². The van der Waals surface area contributed by atoms with Gasteiger partial charge in [-0.05, 0) is 25.0 Å². The zero-order chi connectivity index (χ0) is 10.3. The van der Waals surface area contributed by atoms with Crippen LogP contribution in [0.3, 0.4) is 0 Å². The van der Waals surface area contributed by atoms with E-state index in [0.29, 0.717) is 5.76 Å². The van der Waals surface area contributed by atoms with Crippen LogP contribution < -0.4 is 0 Å². The number of hydrogen-bond donors (Lipinski definition) is 1. The van der Waals surface area contributed by atoms with E-state index in [-0.39, 0.29) is 0 Å². The van der Waals surface area contributed by atoms with E-state index in [1.54, 1.807) is 6.92 Å². The summed E-state index contributed by atoms with van der Waals surface area (Å²) in [6, 6.07) is 9.84. The third kappa shape index (κ3) is 3.79. The molecule has 0 saturated heterocycles. The van der Waals surface area contributed by atoms with Crippen LogP contribution in [0.25, 0.3) is 5.57 Å². The highest BCUT2D eigenvalue weighted by molar-refractivity contribution is 5.64. The smallest absolute Gasteiger partial charge is 0.0926 e. The molecule has 0 heterocycles. The van der Waals surface area contributed by atoms with E-state index in [4.69, 9.17) is 5.11 Å². The Balaban J connectivity index is 0.000000671. The largest absolute Gasteiger partial charge is 0.512 e. The van der Waals surface area contributed by atoms with Crippen molar-refractivity contribution in [1.82, 2.24) is 0 Å². The monoisotopic (exact) mass is 178 g/mol. The predicted molar refractivity (Wildman–Crippen MR) is 58.7 cm³/mol. The molecule has 0 aliphatic carbocycles. The minimum Gasteiger partial charge on any atom is -0.512 e. The number of aliphatic hydroxyl groups is 1. The molecule has 0 atom stereocenters. The fourth-order valence-corrected chi connectivity index (χ4v) is 0.897. The highest BCUT2D eigenvalue weighted by Gasteiger charge is 1.96. The molecular weight excluding hydrogens is 160 g/mol. The van der Waals surface area contributed by atoms with Crippen LogP contribution >= 0.6 is 0 Å². The minimum absolute atomic E-state index is 0.385. The van der Waals surface area contributed by atoms with Gasteiger partial charge >= 0.3 is 0 Å². The van der Waals surface area contributed by atoms with E-state index in [1.807, 2.05) is 51.1 Å². The minimum atomic E-state index is 0.385. The van der Waals surface area contributed by atoms with Crippen LogP contribution in [0.4, 0.5) is 0 Å². The number of rotatable bonds is 1. The van der Waals surface area contributed by atoms with Gasteiger partial charge in [-0.2, -0.15) is 0 Å². The maximum Gasteiger partial charge on any atom is 0.0926 e. The summed E-state index contributed by atoms with van der Waals surface area (Å²) in [4.78, 5) is 0. The van der Waals surface area contributed by atoms with Crippen molar-refractivity contribution in [3.63, 3.8) is 0 Å². The van der Waals surface area contributed by atoms with Crippen LogP contribution in [0, 0.1) is 0 Å². The van der Waals surface area contributed by atoms with E-state index in [9.17, 15) is 0 Å². The first-order valence-corrected chi connectivity index (χ1v) is 4.63. The van der Waals surface area contributed by atoms with Crippen molar-refractivity contribution >= 4 is 5.57 Å². The molecule has 1 nitrogen and oxygen atoms in total. The first kappa shape index (κ1) is 11.8. The van der Waals surface area contributed by atoms with Crippen LogP contribution in [0.2, 0.25) is 0 Å². The molecule has 0 radical (unpaired) electrons. The maximum absolute atomic E-state index is 9.15. The van der Waals surface area contributed by atoms with Gasteiger partial charge in [-0.25, -0.2) is 0 Å². The molecule has 0 bridgehead atoms. The summed E-state index contributed by atoms with van der Waals surface area (Å²) in [6.07, 6.45) is 0. The quantitative estimate of drug-likeness (QED) is 0.644. The molecule has 0 aliphatic rings. The van der Waals surface area contributed by atoms with Crippen molar-refractivity contribution < 1.29 is 5.11 Å². The van der Waals surface area contributed by atoms with Crippen LogP contribution in [0.15, 0.2) is 36.1 Å². The second-order valence-corrected chi connectivity index (χ2v) is 2.58. The molecule has 13 heavy (non-hydrogen) atoms. The van der Waals surface area contributed by atoms with Crippen LogP contribution in [-0.2, 0) is 0 Å². The molecule has 72 valence electrons. The van der Waals surface area contributed by atoms with Crippen LogP contribution in [0.1, 0.15) is 33.3 Å². The number of aliphatic hydroxyl groups excluding tert-OH is 1. The second kappa shape index (κ2) is 6.30. The molecule has 1 rings (SSSR count). The van der Waals surface area contributed by atoms with E-state index < -0.39 is 0 Å². The fourth-order valence-electron chi connectivity index (χ4n) is 0.897. The van der Waals surface area contributed by atoms with Crippen molar-refractivity contribution in [3.8, 4) is 0 Å². The van der Waals surface area contributed by atoms with Gasteiger partial charge < -0.3 is 5.11 Å². The fraction of sp³-hybridized carbons (Fsp3) is 0.333. The van der Waals surface area contributed by atoms with Crippen molar-refractivity contribution in [2.24, 2.45) is 0 Å². The lowest BCUT2D eigenvalue weighted by atomic mass is 10.1. The van der Waals surface area contributed by atoms with Gasteiger partial charge in [0.1, 0.15) is 0 Å². The average Bonchev–Trinajstić information content (AvgIpc) is 2.21. The molecule has 0 fully saturated rings. The second-order valence-electron chi connectivity index (χ2n) is 2.58. The summed E-state index contributed by atoms with van der Waals surface area (Å²) in [5, 5.41) is 9.15. The zero-order valence-electron chi connectivity index (χ0n) is 8.83. The Labute approximate surface area is 80.7 Å². The van der Waals surface area contributed by atoms with Gasteiger partial charge in [-0.15, -0.1) is 0 Å². The maximum atomic E-state index is 9.15. The SMILES string of the molecule is C/C(O)=C(/C)c1ccccc1.CC. The average molecular weight is 178 g/mol. The Morgan fingerprint density at radius 2 is 1.46 bits per heavy atom. The third-order valence-corrected chi connectivity index (χ3v) is 1.75. The van der Waals surface area contributed by atoms with Crippen molar-refractivity contribution in [1.29, 1.82) is 0 Å². The van der Waals surface area contributed by atoms with E-state index in [1.165, 1.54) is 0 Å². The number of allylic oxidation sites excluding steroid dienone is 2. The predicted octanol–water partition coefficient (Wildman–Crippen LogP) is 4.02. The molecule has 0 aromatic heterocycles. The lowest BCUT2D eigenvalue weighted by Gasteiger charge is -2.00. The standard InChI is InChI=1S/C10H12O.C2H6/c1-8(9(2)11)10-6-4-3-5-7-10;1-2/h3-7,11H,1-2H3;1-2H3/b9-8+;. The molecule has 1 aromatic carbocycles. The molecular formula is C12H18O. The molecule has 1 N–H and O–H groups in total. The van der Waals surface area contributed by atoms with Gasteiger partial charge in [0.25, 0.3) is 0 Å². The summed E-state index contributed by atoms with van der Waals surface area (Å²) in [5.41, 5.74) is 2.01. The third-order valence-electron chi connectivity index (χ3n) is 1.75. The lowest BCUT2D eigenvalue weighted by molar-refractivity contribution is 0.416. The first-order chi connectivity index (χ1) is 6.22. The summed E-state index contributed by atoms with van der Waals surface area (Å²) < 4.78 is 0. The Morgan fingerprint density at radius 1 is 1.00 bits per heavy atom. The highest BCUT2D eigenvalue weighted by Crippen LogP contribution is 2.15. The topological polar surface area (TPSA) is 20.2 Å². The van der Waals surface area contributed by atoms with Gasteiger partial charge in [-0.1, -0.05) is 44.2 Å². The van der Waals surface area contributed by atoms with Crippen LogP contribution in [0.5, 0.6) is 0 Å². The molecule has 1 heteroatoms. The normalized spacial score (nSPS) is 11.1. The van der Waals surface area contributed by atoms with E-state index in [0.717, 1.165) is 11.1 Å². The summed E-state index contributed by atoms with van der Waals surface area (Å²) in [5.74, 6) is 0.385. The van der Waals surface area contributed by atoms with Crippen molar-refractivity contribution in [2.45, 2.75) is 27.7 Å². The Hall–Kier alpha value is -1.24. The molecule has 0 amide bonds. The molecule has 0 saturated carbocycles. The number of benzene rings is 1. The Morgan fingerprint density at radius 3 is 1.85 bits per heavy atom. The summed E-state index contributed by atoms with van der Waals surface area (Å²) in [6.45, 7) is 7.60. The van der Waals surface area contributed by atoms with E-state index >= 15 is 0 Å². The Kier molecular flexibility index (Phi) is 5.69. The van der Waals surface area contributed by atoms with Gasteiger partial charge in [0.15, 0.2) is 0 Å². The zero-order valence-corrected chi connectivity index (χ0v) is 8.83. The Bertz CT molecular complexity index is 256. The van der Waals surface area contributed by atoms with Crippen molar-refractivity contribution in [3.05, 3.63) is 41.7 Å². The lowest BCUT2D eigenvalue weighted by Crippen LogP contribution is -1.82. The molecule has 0 unspecified atom stereocenters. The highest BCUT2D eigenvalue weighted by atomic mass is 16.3. The molecule has 0 aliphatic heterocycles. The summed E-state index contributed by atoms with van der Waals surface area (Å²) in [7, 11) is 0. The van der Waals surface area contributed by atoms with Gasteiger partial charge in [0.05, 0.1) is 5.76 Å². The van der Waals surface area contributed by atoms with Gasteiger partial charge in [0, 0.05) is 0 Å². The van der Waals surface area contributed by atoms with Gasteiger partial charge in [-0.3, -0.25) is 0 Å². The first-order valence-electron chi connectivity index (χ1n) is 4.63.